The molecule has 1 aliphatic carbocycles. The lowest BCUT2D eigenvalue weighted by Gasteiger charge is -2.25. The summed E-state index contributed by atoms with van der Waals surface area (Å²) in [6.07, 6.45) is 3.54. The van der Waals surface area contributed by atoms with Crippen LogP contribution in [0.5, 0.6) is 0 Å². The van der Waals surface area contributed by atoms with Crippen molar-refractivity contribution in [3.63, 3.8) is 0 Å². The first kappa shape index (κ1) is 15.0. The molecule has 110 valence electrons. The van der Waals surface area contributed by atoms with Crippen LogP contribution in [0.1, 0.15) is 41.6 Å². The molecule has 2 rings (SSSR count). The van der Waals surface area contributed by atoms with Crippen molar-refractivity contribution in [3.8, 4) is 0 Å². The van der Waals surface area contributed by atoms with Gasteiger partial charge >= 0.3 is 0 Å². The minimum atomic E-state index is -0.146. The van der Waals surface area contributed by atoms with Crippen LogP contribution in [-0.4, -0.2) is 30.8 Å². The second kappa shape index (κ2) is 7.41. The number of hydrogen-bond acceptors (Lipinski definition) is 3. The van der Waals surface area contributed by atoms with Gasteiger partial charge in [0, 0.05) is 19.2 Å². The highest BCUT2D eigenvalue weighted by Gasteiger charge is 2.19. The molecule has 1 saturated carbocycles. The zero-order valence-electron chi connectivity index (χ0n) is 12.0. The molecule has 1 aromatic rings. The van der Waals surface area contributed by atoms with Crippen LogP contribution in [0.4, 0.5) is 0 Å². The summed E-state index contributed by atoms with van der Waals surface area (Å²) in [6.45, 7) is 1.21. The molecular weight excluding hydrogens is 254 g/mol. The average molecular weight is 277 g/mol. The van der Waals surface area contributed by atoms with Crippen molar-refractivity contribution >= 4 is 5.91 Å². The largest absolute Gasteiger partial charge is 0.393 e. The maximum atomic E-state index is 12.1. The lowest BCUT2D eigenvalue weighted by Crippen LogP contribution is -2.32. The van der Waals surface area contributed by atoms with Gasteiger partial charge in [0.2, 0.25) is 0 Å². The van der Waals surface area contributed by atoms with E-state index in [1.165, 1.54) is 0 Å². The molecule has 2 N–H and O–H groups in total. The second-order valence-electron chi connectivity index (χ2n) is 5.52. The number of aliphatic hydroxyl groups excluding tert-OH is 1. The molecule has 1 aliphatic rings. The zero-order chi connectivity index (χ0) is 14.4. The summed E-state index contributed by atoms with van der Waals surface area (Å²) in [5, 5.41) is 12.5. The van der Waals surface area contributed by atoms with E-state index in [0.29, 0.717) is 24.6 Å². The Morgan fingerprint density at radius 1 is 1.35 bits per heavy atom. The second-order valence-corrected chi connectivity index (χ2v) is 5.52. The highest BCUT2D eigenvalue weighted by molar-refractivity contribution is 5.94. The Bertz CT molecular complexity index is 439. The van der Waals surface area contributed by atoms with Gasteiger partial charge in [-0.2, -0.15) is 0 Å². The van der Waals surface area contributed by atoms with Crippen LogP contribution in [0.15, 0.2) is 24.3 Å². The number of carbonyl (C=O) groups is 1. The monoisotopic (exact) mass is 277 g/mol. The quantitative estimate of drug-likeness (QED) is 0.866. The van der Waals surface area contributed by atoms with E-state index in [1.54, 1.807) is 7.11 Å². The molecule has 0 aromatic heterocycles. The fourth-order valence-electron chi connectivity index (χ4n) is 2.66. The first-order valence-corrected chi connectivity index (χ1v) is 7.23. The predicted molar refractivity (Wildman–Crippen MR) is 77.5 cm³/mol. The van der Waals surface area contributed by atoms with E-state index in [1.807, 2.05) is 24.3 Å². The lowest BCUT2D eigenvalue weighted by molar-refractivity contribution is 0.0910. The molecule has 1 aromatic carbocycles. The number of carbonyl (C=O) groups excluding carboxylic acids is 1. The van der Waals surface area contributed by atoms with E-state index >= 15 is 0 Å². The van der Waals surface area contributed by atoms with Gasteiger partial charge in [-0.3, -0.25) is 4.79 Å². The number of ether oxygens (including phenoxy) is 1. The van der Waals surface area contributed by atoms with E-state index in [9.17, 15) is 9.90 Å². The van der Waals surface area contributed by atoms with Gasteiger partial charge in [-0.25, -0.2) is 0 Å². The Labute approximate surface area is 120 Å². The average Bonchev–Trinajstić information content (AvgIpc) is 2.47. The minimum absolute atomic E-state index is 0.0333. The lowest BCUT2D eigenvalue weighted by atomic mass is 9.87. The van der Waals surface area contributed by atoms with Gasteiger partial charge in [-0.1, -0.05) is 12.1 Å². The third-order valence-corrected chi connectivity index (χ3v) is 3.87. The third kappa shape index (κ3) is 4.32. The van der Waals surface area contributed by atoms with E-state index < -0.39 is 0 Å². The Hall–Kier alpha value is -1.39. The molecule has 4 nitrogen and oxygen atoms in total. The van der Waals surface area contributed by atoms with Gasteiger partial charge in [0.05, 0.1) is 12.7 Å². The maximum absolute atomic E-state index is 12.1. The summed E-state index contributed by atoms with van der Waals surface area (Å²) >= 11 is 0. The summed E-state index contributed by atoms with van der Waals surface area (Å²) in [4.78, 5) is 12.1. The van der Waals surface area contributed by atoms with Crippen LogP contribution < -0.4 is 5.32 Å². The number of amides is 1. The van der Waals surface area contributed by atoms with Crippen molar-refractivity contribution < 1.29 is 14.6 Å². The van der Waals surface area contributed by atoms with Crippen molar-refractivity contribution in [2.75, 3.05) is 13.7 Å². The SMILES string of the molecule is COCc1cccc(C(=O)NCC2CCC(O)CC2)c1. The highest BCUT2D eigenvalue weighted by atomic mass is 16.5. The fraction of sp³-hybridized carbons (Fsp3) is 0.562. The van der Waals surface area contributed by atoms with E-state index in [0.717, 1.165) is 31.2 Å². The first-order valence-electron chi connectivity index (χ1n) is 7.23. The van der Waals surface area contributed by atoms with Gasteiger partial charge < -0.3 is 15.2 Å². The standard InChI is InChI=1S/C16H23NO3/c1-20-11-13-3-2-4-14(9-13)16(19)17-10-12-5-7-15(18)8-6-12/h2-4,9,12,15,18H,5-8,10-11H2,1H3,(H,17,19). The number of methoxy groups -OCH3 is 1. The number of hydrogen-bond donors (Lipinski definition) is 2. The van der Waals surface area contributed by atoms with Gasteiger partial charge in [0.25, 0.3) is 5.91 Å². The molecule has 4 heteroatoms. The Balaban J connectivity index is 1.83. The van der Waals surface area contributed by atoms with Crippen molar-refractivity contribution in [3.05, 3.63) is 35.4 Å². The number of aliphatic hydroxyl groups is 1. The minimum Gasteiger partial charge on any atom is -0.393 e. The number of rotatable bonds is 5. The van der Waals surface area contributed by atoms with Crippen molar-refractivity contribution in [2.45, 2.75) is 38.4 Å². The van der Waals surface area contributed by atoms with E-state index in [4.69, 9.17) is 4.74 Å². The van der Waals surface area contributed by atoms with Gasteiger partial charge in [-0.05, 0) is 49.3 Å². The molecule has 1 amide bonds. The number of nitrogens with one attached hydrogen (secondary N) is 1. The Morgan fingerprint density at radius 3 is 2.80 bits per heavy atom. The Kier molecular flexibility index (Phi) is 5.56. The highest BCUT2D eigenvalue weighted by Crippen LogP contribution is 2.23. The Morgan fingerprint density at radius 2 is 2.10 bits per heavy atom. The summed E-state index contributed by atoms with van der Waals surface area (Å²) < 4.78 is 5.07. The first-order chi connectivity index (χ1) is 9.69. The molecule has 0 unspecified atom stereocenters. The molecule has 0 saturated heterocycles. The van der Waals surface area contributed by atoms with Crippen LogP contribution in [0.3, 0.4) is 0 Å². The van der Waals surface area contributed by atoms with Crippen molar-refractivity contribution in [2.24, 2.45) is 5.92 Å². The van der Waals surface area contributed by atoms with Crippen molar-refractivity contribution in [1.82, 2.24) is 5.32 Å². The van der Waals surface area contributed by atoms with E-state index in [-0.39, 0.29) is 12.0 Å². The van der Waals surface area contributed by atoms with Crippen LogP contribution in [0.25, 0.3) is 0 Å². The molecule has 0 atom stereocenters. The summed E-state index contributed by atoms with van der Waals surface area (Å²) in [5.74, 6) is 0.457. The van der Waals surface area contributed by atoms with Crippen molar-refractivity contribution in [1.29, 1.82) is 0 Å². The maximum Gasteiger partial charge on any atom is 0.251 e. The van der Waals surface area contributed by atoms with Gasteiger partial charge in [0.1, 0.15) is 0 Å². The van der Waals surface area contributed by atoms with Crippen LogP contribution in [-0.2, 0) is 11.3 Å². The number of benzene rings is 1. The molecule has 0 spiro atoms. The molecule has 20 heavy (non-hydrogen) atoms. The molecule has 1 fully saturated rings. The molecule has 0 radical (unpaired) electrons. The fourth-order valence-corrected chi connectivity index (χ4v) is 2.66. The topological polar surface area (TPSA) is 58.6 Å². The summed E-state index contributed by atoms with van der Waals surface area (Å²) in [5.41, 5.74) is 1.68. The summed E-state index contributed by atoms with van der Waals surface area (Å²) in [7, 11) is 1.64. The van der Waals surface area contributed by atoms with E-state index in [2.05, 4.69) is 5.32 Å². The van der Waals surface area contributed by atoms with Crippen LogP contribution in [0, 0.1) is 5.92 Å². The summed E-state index contributed by atoms with van der Waals surface area (Å²) in [6, 6.07) is 7.51. The third-order valence-electron chi connectivity index (χ3n) is 3.87. The molecule has 0 aliphatic heterocycles. The smallest absolute Gasteiger partial charge is 0.251 e. The van der Waals surface area contributed by atoms with Crippen LogP contribution >= 0.6 is 0 Å². The van der Waals surface area contributed by atoms with Crippen LogP contribution in [0.2, 0.25) is 0 Å². The molecular formula is C16H23NO3. The molecule has 0 bridgehead atoms. The van der Waals surface area contributed by atoms with Gasteiger partial charge in [-0.15, -0.1) is 0 Å². The normalized spacial score (nSPS) is 22.5. The zero-order valence-corrected chi connectivity index (χ0v) is 12.0. The predicted octanol–water partition coefficient (Wildman–Crippen LogP) is 2.11. The molecule has 0 heterocycles. The van der Waals surface area contributed by atoms with Gasteiger partial charge in [0.15, 0.2) is 0 Å².